The van der Waals surface area contributed by atoms with Gasteiger partial charge in [0.2, 0.25) is 0 Å². The number of aromatic nitrogens is 2. The third kappa shape index (κ3) is 3.69. The molecule has 8 heteroatoms. The third-order valence-corrected chi connectivity index (χ3v) is 5.55. The molecule has 3 aromatic rings. The number of carbonyl (C=O) groups is 1. The van der Waals surface area contributed by atoms with Crippen LogP contribution in [-0.2, 0) is 6.54 Å². The lowest BCUT2D eigenvalue weighted by Gasteiger charge is -2.10. The van der Waals surface area contributed by atoms with E-state index in [4.69, 9.17) is 0 Å². The smallest absolute Gasteiger partial charge is 0.292 e. The van der Waals surface area contributed by atoms with Crippen molar-refractivity contribution in [2.45, 2.75) is 45.6 Å². The fourth-order valence-electron chi connectivity index (χ4n) is 4.00. The Bertz CT molecular complexity index is 1270. The molecular formula is C23H23FN4O3. The van der Waals surface area contributed by atoms with Gasteiger partial charge in [0.05, 0.1) is 11.1 Å². The van der Waals surface area contributed by atoms with Gasteiger partial charge in [0.1, 0.15) is 11.6 Å². The maximum atomic E-state index is 14.2. The van der Waals surface area contributed by atoms with Gasteiger partial charge in [-0.25, -0.2) is 14.5 Å². The molecule has 1 aromatic heterocycles. The fourth-order valence-corrected chi connectivity index (χ4v) is 4.00. The van der Waals surface area contributed by atoms with Crippen LogP contribution in [0.1, 0.15) is 60.6 Å². The molecule has 1 amide bonds. The van der Waals surface area contributed by atoms with Crippen LogP contribution in [0.4, 0.5) is 4.39 Å². The van der Waals surface area contributed by atoms with Crippen molar-refractivity contribution in [3.05, 3.63) is 69.4 Å². The summed E-state index contributed by atoms with van der Waals surface area (Å²) >= 11 is 0. The van der Waals surface area contributed by atoms with Gasteiger partial charge in [0, 0.05) is 23.1 Å². The molecule has 0 unspecified atom stereocenters. The van der Waals surface area contributed by atoms with Gasteiger partial charge in [-0.3, -0.25) is 9.59 Å². The monoisotopic (exact) mass is 422 g/mol. The van der Waals surface area contributed by atoms with Crippen LogP contribution in [-0.4, -0.2) is 26.5 Å². The van der Waals surface area contributed by atoms with Gasteiger partial charge in [0.25, 0.3) is 11.5 Å². The molecule has 1 aliphatic carbocycles. The van der Waals surface area contributed by atoms with E-state index in [1.165, 1.54) is 16.8 Å². The summed E-state index contributed by atoms with van der Waals surface area (Å²) < 4.78 is 15.5. The van der Waals surface area contributed by atoms with Crippen LogP contribution in [0.5, 0.6) is 5.75 Å². The minimum atomic E-state index is -0.578. The van der Waals surface area contributed by atoms with E-state index in [1.807, 2.05) is 13.8 Å². The molecular weight excluding hydrogens is 399 g/mol. The lowest BCUT2D eigenvalue weighted by atomic mass is 10.0. The minimum absolute atomic E-state index is 0.0783. The maximum absolute atomic E-state index is 14.2. The standard InChI is InChI=1S/C23H23FN4O3/c1-3-4-11-28-23(31)15-8-6-5-7-14(15)21(27-28)22(30)26-25-17-12-13(2)19-16(24)9-10-18(29)20(17)19/h5-10,13,29H,3-4,11-12H2,1-2H3,(H,26,30)/b25-17+/t13-/m0/s1. The average molecular weight is 422 g/mol. The molecule has 0 saturated carbocycles. The second-order valence-electron chi connectivity index (χ2n) is 7.74. The second kappa shape index (κ2) is 8.29. The van der Waals surface area contributed by atoms with Crippen molar-refractivity contribution in [3.8, 4) is 5.75 Å². The molecule has 160 valence electrons. The van der Waals surface area contributed by atoms with Crippen LogP contribution in [0.25, 0.3) is 10.8 Å². The van der Waals surface area contributed by atoms with E-state index in [2.05, 4.69) is 15.6 Å². The summed E-state index contributed by atoms with van der Waals surface area (Å²) in [7, 11) is 0. The number of phenols is 1. The first-order chi connectivity index (χ1) is 14.9. The number of hydrogen-bond acceptors (Lipinski definition) is 5. The van der Waals surface area contributed by atoms with Crippen molar-refractivity contribution in [2.75, 3.05) is 0 Å². The van der Waals surface area contributed by atoms with E-state index in [-0.39, 0.29) is 22.9 Å². The highest BCUT2D eigenvalue weighted by Gasteiger charge is 2.31. The molecule has 7 nitrogen and oxygen atoms in total. The van der Waals surface area contributed by atoms with Gasteiger partial charge in [0.15, 0.2) is 5.69 Å². The van der Waals surface area contributed by atoms with E-state index in [0.29, 0.717) is 40.6 Å². The number of carbonyl (C=O) groups excluding carboxylic acids is 1. The number of amides is 1. The van der Waals surface area contributed by atoms with E-state index in [1.54, 1.807) is 24.3 Å². The molecule has 0 fully saturated rings. The first-order valence-corrected chi connectivity index (χ1v) is 10.3. The minimum Gasteiger partial charge on any atom is -0.507 e. The summed E-state index contributed by atoms with van der Waals surface area (Å²) in [6, 6.07) is 9.32. The molecule has 0 bridgehead atoms. The molecule has 31 heavy (non-hydrogen) atoms. The largest absolute Gasteiger partial charge is 0.507 e. The van der Waals surface area contributed by atoms with Crippen LogP contribution in [0.3, 0.4) is 0 Å². The van der Waals surface area contributed by atoms with Gasteiger partial charge in [-0.05, 0) is 37.0 Å². The quantitative estimate of drug-likeness (QED) is 0.613. The van der Waals surface area contributed by atoms with Gasteiger partial charge >= 0.3 is 0 Å². The summed E-state index contributed by atoms with van der Waals surface area (Å²) in [6.07, 6.45) is 2.02. The highest BCUT2D eigenvalue weighted by molar-refractivity contribution is 6.09. The normalized spacial score (nSPS) is 16.6. The van der Waals surface area contributed by atoms with E-state index >= 15 is 0 Å². The summed E-state index contributed by atoms with van der Waals surface area (Å²) in [5.41, 5.74) is 3.44. The van der Waals surface area contributed by atoms with Gasteiger partial charge in [-0.2, -0.15) is 10.2 Å². The number of phenolic OH excluding ortho intramolecular Hbond substituents is 1. The van der Waals surface area contributed by atoms with Crippen LogP contribution in [0.15, 0.2) is 46.3 Å². The molecule has 2 N–H and O–H groups in total. The van der Waals surface area contributed by atoms with Gasteiger partial charge < -0.3 is 5.11 Å². The molecule has 2 aromatic carbocycles. The lowest BCUT2D eigenvalue weighted by molar-refractivity contribution is 0.0949. The molecule has 0 spiro atoms. The van der Waals surface area contributed by atoms with E-state index in [0.717, 1.165) is 12.8 Å². The van der Waals surface area contributed by atoms with Crippen LogP contribution in [0.2, 0.25) is 0 Å². The lowest BCUT2D eigenvalue weighted by Crippen LogP contribution is -2.29. The van der Waals surface area contributed by atoms with Crippen molar-refractivity contribution in [1.29, 1.82) is 0 Å². The molecule has 0 saturated heterocycles. The van der Waals surface area contributed by atoms with Gasteiger partial charge in [-0.1, -0.05) is 38.5 Å². The number of aryl methyl sites for hydroxylation is 1. The zero-order valence-corrected chi connectivity index (χ0v) is 17.4. The predicted molar refractivity (Wildman–Crippen MR) is 116 cm³/mol. The van der Waals surface area contributed by atoms with Crippen molar-refractivity contribution >= 4 is 22.4 Å². The van der Waals surface area contributed by atoms with Gasteiger partial charge in [-0.15, -0.1) is 0 Å². The Hall–Kier alpha value is -3.55. The number of fused-ring (bicyclic) bond motifs is 2. The number of benzene rings is 2. The van der Waals surface area contributed by atoms with Crippen LogP contribution in [0, 0.1) is 5.82 Å². The summed E-state index contributed by atoms with van der Waals surface area (Å²) in [6.45, 7) is 4.26. The predicted octanol–water partition coefficient (Wildman–Crippen LogP) is 3.68. The number of nitrogens with zero attached hydrogens (tertiary/aromatic N) is 3. The number of unbranched alkanes of at least 4 members (excludes halogenated alkanes) is 1. The van der Waals surface area contributed by atoms with Crippen LogP contribution >= 0.6 is 0 Å². The Kier molecular flexibility index (Phi) is 5.54. The van der Waals surface area contributed by atoms with Crippen molar-refractivity contribution in [1.82, 2.24) is 15.2 Å². The molecule has 4 rings (SSSR count). The second-order valence-corrected chi connectivity index (χ2v) is 7.74. The molecule has 1 atom stereocenters. The first-order valence-electron chi connectivity index (χ1n) is 10.3. The highest BCUT2D eigenvalue weighted by Crippen LogP contribution is 2.39. The summed E-state index contributed by atoms with van der Waals surface area (Å²) in [5, 5.41) is 19.5. The Morgan fingerprint density at radius 3 is 2.77 bits per heavy atom. The third-order valence-electron chi connectivity index (χ3n) is 5.55. The van der Waals surface area contributed by atoms with Crippen molar-refractivity contribution in [3.63, 3.8) is 0 Å². The number of rotatable bonds is 5. The van der Waals surface area contributed by atoms with Crippen LogP contribution < -0.4 is 11.0 Å². The number of hydrazone groups is 1. The van der Waals surface area contributed by atoms with Crippen molar-refractivity contribution < 1.29 is 14.3 Å². The topological polar surface area (TPSA) is 96.6 Å². The average Bonchev–Trinajstić information content (AvgIpc) is 3.11. The molecule has 1 heterocycles. The Balaban J connectivity index is 1.72. The Labute approximate surface area is 178 Å². The number of aromatic hydroxyl groups is 1. The number of nitrogens with one attached hydrogen (secondary N) is 1. The number of halogens is 1. The van der Waals surface area contributed by atoms with E-state index < -0.39 is 11.7 Å². The summed E-state index contributed by atoms with van der Waals surface area (Å²) in [5.74, 6) is -1.24. The molecule has 1 aliphatic rings. The fraction of sp³-hybridized carbons (Fsp3) is 0.304. The van der Waals surface area contributed by atoms with Crippen molar-refractivity contribution in [2.24, 2.45) is 5.10 Å². The zero-order valence-electron chi connectivity index (χ0n) is 17.4. The molecule has 0 radical (unpaired) electrons. The Morgan fingerprint density at radius 1 is 1.29 bits per heavy atom. The number of hydrogen-bond donors (Lipinski definition) is 2. The highest BCUT2D eigenvalue weighted by atomic mass is 19.1. The summed E-state index contributed by atoms with van der Waals surface area (Å²) in [4.78, 5) is 25.7. The maximum Gasteiger partial charge on any atom is 0.292 e. The molecule has 0 aliphatic heterocycles. The van der Waals surface area contributed by atoms with E-state index in [9.17, 15) is 19.1 Å². The first kappa shape index (κ1) is 20.7. The zero-order chi connectivity index (χ0) is 22.1. The Morgan fingerprint density at radius 2 is 2.03 bits per heavy atom. The SMILES string of the molecule is CCCCn1nc(C(=O)N/N=C2\C[C@H](C)c3c(F)ccc(O)c32)c2ccccc2c1=O.